The van der Waals surface area contributed by atoms with Crippen LogP contribution in [0.3, 0.4) is 0 Å². The fourth-order valence-corrected chi connectivity index (χ4v) is 25.7. The van der Waals surface area contributed by atoms with Crippen molar-refractivity contribution in [1.82, 2.24) is 0 Å². The molecule has 0 saturated heterocycles. The summed E-state index contributed by atoms with van der Waals surface area (Å²) in [7, 11) is 0. The Hall–Kier alpha value is -7.77. The van der Waals surface area contributed by atoms with E-state index in [0.717, 1.165) is 88.2 Å². The van der Waals surface area contributed by atoms with Crippen LogP contribution in [0.15, 0.2) is 227 Å². The number of para-hydroxylation sites is 2. The Morgan fingerprint density at radius 3 is 1.15 bits per heavy atom. The van der Waals surface area contributed by atoms with E-state index in [1.54, 1.807) is 8.79 Å². The van der Waals surface area contributed by atoms with Crippen molar-refractivity contribution < 1.29 is 8.83 Å². The molecule has 0 bridgehead atoms. The average molecular weight is 1050 g/mol. The summed E-state index contributed by atoms with van der Waals surface area (Å²) < 4.78 is 19.8. The summed E-state index contributed by atoms with van der Waals surface area (Å²) in [5, 5.41) is 8.91. The Bertz CT molecular complexity index is 4130. The van der Waals surface area contributed by atoms with Gasteiger partial charge in [0, 0.05) is 0 Å². The molecule has 0 spiro atoms. The summed E-state index contributed by atoms with van der Waals surface area (Å²) in [6.45, 7) is 0. The van der Waals surface area contributed by atoms with Crippen LogP contribution >= 0.6 is 0 Å². The molecule has 0 atom stereocenters. The minimum absolute atomic E-state index is 0.853. The standard InChI is InChI=1S/C66H48Ge2N2O2/c1-67(2)53-23-13-11-21-49(53)63-55(67)25-15-27-57(63)69(45-17-7-5-8-18-45)47-31-29-41-37-51-61(39-43(41)35-47)71-59-33-34-60-66(65(51)59)52-38-42-30-32-48(36-44(42)40-62(52)72-60)70(46-19-9-6-10-20-46)58-28-16-26-56-64(58)50-22-12-14-24-54(50)68(56,3)4/h5-40H,1-4H3. The summed E-state index contributed by atoms with van der Waals surface area (Å²) in [5.41, 5.74) is 15.9. The molecular formula is C66H48Ge2N2O2. The number of fused-ring (bicyclic) bond motifs is 15. The van der Waals surface area contributed by atoms with Gasteiger partial charge in [0.25, 0.3) is 0 Å². The molecule has 0 aliphatic carbocycles. The molecule has 11 aromatic carbocycles. The van der Waals surface area contributed by atoms with E-state index in [0.29, 0.717) is 0 Å². The molecule has 0 radical (unpaired) electrons. The van der Waals surface area contributed by atoms with Crippen LogP contribution in [0.5, 0.6) is 0 Å². The number of hydrogen-bond acceptors (Lipinski definition) is 4. The van der Waals surface area contributed by atoms with Gasteiger partial charge in [-0.15, -0.1) is 0 Å². The molecule has 342 valence electrons. The topological polar surface area (TPSA) is 32.8 Å². The third kappa shape index (κ3) is 6.00. The van der Waals surface area contributed by atoms with E-state index in [9.17, 15) is 0 Å². The third-order valence-corrected chi connectivity index (χ3v) is 31.0. The van der Waals surface area contributed by atoms with Crippen LogP contribution < -0.4 is 27.4 Å². The van der Waals surface area contributed by atoms with E-state index in [1.807, 2.05) is 0 Å². The Balaban J connectivity index is 0.862. The van der Waals surface area contributed by atoms with Gasteiger partial charge in [-0.25, -0.2) is 0 Å². The van der Waals surface area contributed by atoms with Gasteiger partial charge in [0.1, 0.15) is 0 Å². The van der Waals surface area contributed by atoms with Crippen molar-refractivity contribution in [1.29, 1.82) is 0 Å². The summed E-state index contributed by atoms with van der Waals surface area (Å²) in [4.78, 5) is 4.90. The summed E-state index contributed by atoms with van der Waals surface area (Å²) in [6, 6.07) is 80.8. The van der Waals surface area contributed by atoms with Crippen molar-refractivity contribution in [3.05, 3.63) is 218 Å². The van der Waals surface area contributed by atoms with Crippen LogP contribution in [0, 0.1) is 0 Å². The zero-order valence-corrected chi connectivity index (χ0v) is 44.7. The fraction of sp³-hybridized carbons (Fsp3) is 0.0606. The first-order valence-electron chi connectivity index (χ1n) is 25.1. The normalized spacial score (nSPS) is 14.1. The molecule has 0 saturated carbocycles. The molecule has 0 fully saturated rings. The number of rotatable bonds is 6. The van der Waals surface area contributed by atoms with Crippen LogP contribution in [0.1, 0.15) is 0 Å². The molecule has 2 aliphatic heterocycles. The predicted octanol–water partition coefficient (Wildman–Crippen LogP) is 16.3. The molecule has 2 aliphatic rings. The summed E-state index contributed by atoms with van der Waals surface area (Å²) >= 11 is -5.03. The number of anilines is 6. The molecule has 2 aromatic heterocycles. The van der Waals surface area contributed by atoms with Crippen molar-refractivity contribution in [2.45, 2.75) is 23.0 Å². The minimum atomic E-state index is -2.51. The van der Waals surface area contributed by atoms with E-state index in [4.69, 9.17) is 8.83 Å². The van der Waals surface area contributed by atoms with Crippen LogP contribution in [0.4, 0.5) is 34.1 Å². The average Bonchev–Trinajstić information content (AvgIpc) is 4.10. The molecule has 15 rings (SSSR count). The van der Waals surface area contributed by atoms with Crippen molar-refractivity contribution in [3.8, 4) is 22.3 Å². The van der Waals surface area contributed by atoms with Gasteiger partial charge < -0.3 is 0 Å². The number of nitrogens with zero attached hydrogens (tertiary/aromatic N) is 2. The second-order valence-electron chi connectivity index (χ2n) is 20.9. The van der Waals surface area contributed by atoms with Crippen molar-refractivity contribution in [2.24, 2.45) is 0 Å². The van der Waals surface area contributed by atoms with Gasteiger partial charge in [-0.3, -0.25) is 0 Å². The molecule has 0 amide bonds. The maximum atomic E-state index is 6.81. The molecular weight excluding hydrogens is 998 g/mol. The van der Waals surface area contributed by atoms with Gasteiger partial charge >= 0.3 is 426 Å². The molecule has 13 aromatic rings. The molecule has 4 nitrogen and oxygen atoms in total. The second-order valence-corrected chi connectivity index (χ2v) is 39.0. The summed E-state index contributed by atoms with van der Waals surface area (Å²) in [5.74, 6) is 10.1. The van der Waals surface area contributed by atoms with Gasteiger partial charge in [0.2, 0.25) is 0 Å². The predicted molar refractivity (Wildman–Crippen MR) is 310 cm³/mol. The fourth-order valence-electron chi connectivity index (χ4n) is 12.7. The zero-order chi connectivity index (χ0) is 48.0. The van der Waals surface area contributed by atoms with Gasteiger partial charge in [0.05, 0.1) is 0 Å². The van der Waals surface area contributed by atoms with E-state index in [1.165, 1.54) is 42.4 Å². The first-order valence-corrected chi connectivity index (χ1v) is 37.7. The zero-order valence-electron chi connectivity index (χ0n) is 40.5. The SMILES string of the molecule is [CH3][Ge]1([CH3])[c]2ccccc2-c2c(N(c3ccccc3)c3ccc4cc5c(cc4c3)oc3ccc4oc6cc7cc(N(c8ccccc8)c8ccc[c]9c8-c8cccc[c]8[Ge]9([CH3])[CH3])ccc7cc6c4c35)ccc[c]21. The Labute approximate surface area is 423 Å². The molecule has 6 heteroatoms. The van der Waals surface area contributed by atoms with Crippen molar-refractivity contribution in [2.75, 3.05) is 9.80 Å². The van der Waals surface area contributed by atoms with Crippen LogP contribution in [-0.2, 0) is 0 Å². The molecule has 72 heavy (non-hydrogen) atoms. The van der Waals surface area contributed by atoms with E-state index >= 15 is 0 Å². The van der Waals surface area contributed by atoms with E-state index in [2.05, 4.69) is 251 Å². The van der Waals surface area contributed by atoms with Gasteiger partial charge in [-0.05, 0) is 0 Å². The Morgan fingerprint density at radius 2 is 0.708 bits per heavy atom. The maximum absolute atomic E-state index is 6.81. The number of hydrogen-bond donors (Lipinski definition) is 0. The first-order chi connectivity index (χ1) is 35.2. The number of furan rings is 2. The Kier molecular flexibility index (Phi) is 8.95. The van der Waals surface area contributed by atoms with Gasteiger partial charge in [-0.2, -0.15) is 0 Å². The van der Waals surface area contributed by atoms with Crippen LogP contribution in [-0.4, -0.2) is 26.5 Å². The number of benzene rings is 11. The molecule has 0 unspecified atom stereocenters. The summed E-state index contributed by atoms with van der Waals surface area (Å²) in [6.07, 6.45) is 0. The van der Waals surface area contributed by atoms with Gasteiger partial charge in [-0.1, -0.05) is 0 Å². The van der Waals surface area contributed by atoms with Crippen LogP contribution in [0.25, 0.3) is 87.7 Å². The third-order valence-electron chi connectivity index (χ3n) is 16.2. The van der Waals surface area contributed by atoms with E-state index in [-0.39, 0.29) is 0 Å². The van der Waals surface area contributed by atoms with E-state index < -0.39 is 26.5 Å². The molecule has 0 N–H and O–H groups in total. The van der Waals surface area contributed by atoms with Crippen molar-refractivity contribution >= 4 is 144 Å². The molecule has 4 heterocycles. The monoisotopic (exact) mass is 1050 g/mol. The van der Waals surface area contributed by atoms with Crippen molar-refractivity contribution in [3.63, 3.8) is 0 Å². The second kappa shape index (κ2) is 15.4. The van der Waals surface area contributed by atoms with Gasteiger partial charge in [0.15, 0.2) is 0 Å². The first kappa shape index (κ1) is 42.0. The Morgan fingerprint density at radius 1 is 0.306 bits per heavy atom. The van der Waals surface area contributed by atoms with Crippen LogP contribution in [0.2, 0.25) is 23.0 Å². The quantitative estimate of drug-likeness (QED) is 0.155.